The fourth-order valence-electron chi connectivity index (χ4n) is 1.79. The SMILES string of the molecule is CN(C)CCNC(=O)CS(=O)CC[C@H](NC(=O)CCN(C)C)C(=O)O. The second-order valence-corrected chi connectivity index (χ2v) is 7.82. The molecule has 9 nitrogen and oxygen atoms in total. The van der Waals surface area contributed by atoms with Gasteiger partial charge >= 0.3 is 5.97 Å². The van der Waals surface area contributed by atoms with E-state index in [-0.39, 0.29) is 36.2 Å². The van der Waals surface area contributed by atoms with Crippen LogP contribution in [0.2, 0.25) is 0 Å². The van der Waals surface area contributed by atoms with Crippen LogP contribution in [0.5, 0.6) is 0 Å². The molecule has 0 aliphatic carbocycles. The van der Waals surface area contributed by atoms with Gasteiger partial charge in [-0.2, -0.15) is 0 Å². The van der Waals surface area contributed by atoms with Gasteiger partial charge in [-0.25, -0.2) is 4.79 Å². The summed E-state index contributed by atoms with van der Waals surface area (Å²) >= 11 is 0. The molecule has 1 unspecified atom stereocenters. The first kappa shape index (κ1) is 23.5. The van der Waals surface area contributed by atoms with Gasteiger partial charge in [0.2, 0.25) is 11.8 Å². The molecule has 2 amide bonds. The molecule has 0 heterocycles. The summed E-state index contributed by atoms with van der Waals surface area (Å²) in [5.41, 5.74) is 0. The minimum absolute atomic E-state index is 0.0145. The molecule has 0 fully saturated rings. The van der Waals surface area contributed by atoms with E-state index in [0.717, 1.165) is 0 Å². The van der Waals surface area contributed by atoms with Crippen molar-refractivity contribution in [2.75, 3.05) is 59.3 Å². The molecule has 0 aromatic carbocycles. The highest BCUT2D eigenvalue weighted by atomic mass is 32.2. The molecular formula is C15H30N4O5S. The first-order chi connectivity index (χ1) is 11.6. The standard InChI is InChI=1S/C15H30N4O5S/c1-18(2)8-5-13(20)17-12(15(22)23)6-10-25(24)11-14(21)16-7-9-19(3)4/h12H,5-11H2,1-4H3,(H,16,21)(H,17,20)(H,22,23)/t12-,25?/m0/s1. The molecule has 10 heteroatoms. The minimum Gasteiger partial charge on any atom is -0.480 e. The van der Waals surface area contributed by atoms with Crippen molar-refractivity contribution in [3.8, 4) is 0 Å². The Balaban J connectivity index is 4.20. The van der Waals surface area contributed by atoms with E-state index in [0.29, 0.717) is 19.6 Å². The molecular weight excluding hydrogens is 348 g/mol. The largest absolute Gasteiger partial charge is 0.480 e. The maximum Gasteiger partial charge on any atom is 0.326 e. The average Bonchev–Trinajstić information content (AvgIpc) is 2.48. The Hall–Kier alpha value is -1.52. The van der Waals surface area contributed by atoms with E-state index in [2.05, 4.69) is 10.6 Å². The van der Waals surface area contributed by atoms with E-state index in [4.69, 9.17) is 5.11 Å². The van der Waals surface area contributed by atoms with Gasteiger partial charge in [0, 0.05) is 42.6 Å². The minimum atomic E-state index is -1.48. The fraction of sp³-hybridized carbons (Fsp3) is 0.800. The van der Waals surface area contributed by atoms with Crippen LogP contribution in [-0.4, -0.2) is 102 Å². The zero-order valence-corrected chi connectivity index (χ0v) is 16.2. The van der Waals surface area contributed by atoms with Crippen molar-refractivity contribution in [2.45, 2.75) is 18.9 Å². The van der Waals surface area contributed by atoms with E-state index in [9.17, 15) is 18.6 Å². The van der Waals surface area contributed by atoms with Crippen LogP contribution >= 0.6 is 0 Å². The lowest BCUT2D eigenvalue weighted by Gasteiger charge is -2.15. The normalized spacial score (nSPS) is 13.5. The molecule has 0 radical (unpaired) electrons. The highest BCUT2D eigenvalue weighted by molar-refractivity contribution is 7.85. The van der Waals surface area contributed by atoms with Gasteiger partial charge in [0.1, 0.15) is 11.8 Å². The zero-order chi connectivity index (χ0) is 19.4. The van der Waals surface area contributed by atoms with Crippen LogP contribution in [0.1, 0.15) is 12.8 Å². The predicted octanol–water partition coefficient (Wildman–Crippen LogP) is -1.68. The van der Waals surface area contributed by atoms with Gasteiger partial charge in [-0.15, -0.1) is 0 Å². The van der Waals surface area contributed by atoms with Crippen molar-refractivity contribution in [1.29, 1.82) is 0 Å². The van der Waals surface area contributed by atoms with Crippen molar-refractivity contribution in [2.24, 2.45) is 0 Å². The second kappa shape index (κ2) is 12.8. The predicted molar refractivity (Wildman–Crippen MR) is 96.8 cm³/mol. The van der Waals surface area contributed by atoms with Crippen LogP contribution in [0.15, 0.2) is 0 Å². The highest BCUT2D eigenvalue weighted by Gasteiger charge is 2.21. The smallest absolute Gasteiger partial charge is 0.326 e. The van der Waals surface area contributed by atoms with Crippen molar-refractivity contribution in [1.82, 2.24) is 20.4 Å². The van der Waals surface area contributed by atoms with Gasteiger partial charge < -0.3 is 25.5 Å². The molecule has 0 aliphatic rings. The Morgan fingerprint density at radius 2 is 1.64 bits per heavy atom. The Morgan fingerprint density at radius 1 is 1.04 bits per heavy atom. The van der Waals surface area contributed by atoms with Crippen molar-refractivity contribution in [3.05, 3.63) is 0 Å². The maximum absolute atomic E-state index is 11.9. The number of nitrogens with zero attached hydrogens (tertiary/aromatic N) is 2. The number of carboxylic acid groups (broad SMARTS) is 1. The van der Waals surface area contributed by atoms with Crippen LogP contribution in [0.4, 0.5) is 0 Å². The summed E-state index contributed by atoms with van der Waals surface area (Å²) in [6.45, 7) is 1.65. The Kier molecular flexibility index (Phi) is 12.0. The Morgan fingerprint density at radius 3 is 2.16 bits per heavy atom. The van der Waals surface area contributed by atoms with Gasteiger partial charge in [-0.05, 0) is 34.6 Å². The third kappa shape index (κ3) is 13.4. The summed E-state index contributed by atoms with van der Waals surface area (Å²) in [5, 5.41) is 14.2. The molecule has 2 atom stereocenters. The van der Waals surface area contributed by atoms with Gasteiger partial charge in [0.05, 0.1) is 0 Å². The maximum atomic E-state index is 11.9. The first-order valence-corrected chi connectivity index (χ1v) is 9.54. The molecule has 0 saturated carbocycles. The summed E-state index contributed by atoms with van der Waals surface area (Å²) in [7, 11) is 5.91. The number of hydrogen-bond acceptors (Lipinski definition) is 6. The number of rotatable bonds is 13. The van der Waals surface area contributed by atoms with Crippen LogP contribution in [0.25, 0.3) is 0 Å². The van der Waals surface area contributed by atoms with Gasteiger partial charge in [0.25, 0.3) is 0 Å². The van der Waals surface area contributed by atoms with E-state index < -0.39 is 22.8 Å². The third-order valence-corrected chi connectivity index (χ3v) is 4.50. The lowest BCUT2D eigenvalue weighted by Crippen LogP contribution is -2.42. The summed E-state index contributed by atoms with van der Waals surface area (Å²) in [4.78, 5) is 38.3. The number of carboxylic acids is 1. The van der Waals surface area contributed by atoms with Crippen LogP contribution in [0.3, 0.4) is 0 Å². The first-order valence-electron chi connectivity index (χ1n) is 8.05. The van der Waals surface area contributed by atoms with E-state index in [1.165, 1.54) is 0 Å². The number of carbonyl (C=O) groups is 3. The molecule has 25 heavy (non-hydrogen) atoms. The molecule has 0 aliphatic heterocycles. The highest BCUT2D eigenvalue weighted by Crippen LogP contribution is 1.98. The van der Waals surface area contributed by atoms with Crippen molar-refractivity contribution >= 4 is 28.6 Å². The number of aliphatic carboxylic acids is 1. The summed E-state index contributed by atoms with van der Waals surface area (Å²) in [5.74, 6) is -2.01. The molecule has 0 rings (SSSR count). The summed E-state index contributed by atoms with van der Waals surface area (Å²) < 4.78 is 11.9. The van der Waals surface area contributed by atoms with Crippen LogP contribution < -0.4 is 10.6 Å². The molecule has 0 spiro atoms. The number of hydrogen-bond donors (Lipinski definition) is 3. The molecule has 0 bridgehead atoms. The van der Waals surface area contributed by atoms with Gasteiger partial charge in [-0.3, -0.25) is 13.8 Å². The number of likely N-dealkylation sites (N-methyl/N-ethyl adjacent to an activating group) is 1. The number of nitrogens with one attached hydrogen (secondary N) is 2. The van der Waals surface area contributed by atoms with E-state index >= 15 is 0 Å². The van der Waals surface area contributed by atoms with E-state index in [1.54, 1.807) is 0 Å². The fourth-order valence-corrected chi connectivity index (χ4v) is 2.82. The zero-order valence-electron chi connectivity index (χ0n) is 15.4. The van der Waals surface area contributed by atoms with Crippen LogP contribution in [-0.2, 0) is 25.2 Å². The summed E-state index contributed by atoms with van der Waals surface area (Å²) in [6.07, 6.45) is 0.203. The quantitative estimate of drug-likeness (QED) is 0.350. The lowest BCUT2D eigenvalue weighted by atomic mass is 10.2. The van der Waals surface area contributed by atoms with Gasteiger partial charge in [-0.1, -0.05) is 0 Å². The summed E-state index contributed by atoms with van der Waals surface area (Å²) in [6, 6.07) is -1.10. The Bertz CT molecular complexity index is 471. The molecule has 0 aromatic rings. The average molecular weight is 378 g/mol. The van der Waals surface area contributed by atoms with Crippen molar-refractivity contribution < 1.29 is 23.7 Å². The number of amides is 2. The number of carbonyl (C=O) groups excluding carboxylic acids is 2. The van der Waals surface area contributed by atoms with Crippen LogP contribution in [0, 0.1) is 0 Å². The monoisotopic (exact) mass is 378 g/mol. The lowest BCUT2D eigenvalue weighted by molar-refractivity contribution is -0.141. The molecule has 3 N–H and O–H groups in total. The van der Waals surface area contributed by atoms with E-state index in [1.807, 2.05) is 38.0 Å². The third-order valence-electron chi connectivity index (χ3n) is 3.23. The molecule has 0 saturated heterocycles. The molecule has 0 aromatic heterocycles. The van der Waals surface area contributed by atoms with Gasteiger partial charge in [0.15, 0.2) is 0 Å². The second-order valence-electron chi connectivity index (χ2n) is 6.24. The Labute approximate surface area is 151 Å². The van der Waals surface area contributed by atoms with Crippen molar-refractivity contribution in [3.63, 3.8) is 0 Å². The molecule has 146 valence electrons. The topological polar surface area (TPSA) is 119 Å².